The molecule has 0 radical (unpaired) electrons. The number of carbonyl (C=O) groups excluding carboxylic acids is 1. The van der Waals surface area contributed by atoms with Crippen molar-refractivity contribution >= 4 is 5.91 Å². The Bertz CT molecular complexity index is 382. The van der Waals surface area contributed by atoms with Crippen molar-refractivity contribution in [1.82, 2.24) is 10.3 Å². The summed E-state index contributed by atoms with van der Waals surface area (Å²) >= 11 is 0. The number of ether oxygens (including phenoxy) is 1. The van der Waals surface area contributed by atoms with E-state index in [9.17, 15) is 4.79 Å². The van der Waals surface area contributed by atoms with Gasteiger partial charge in [0.15, 0.2) is 0 Å². The van der Waals surface area contributed by atoms with Crippen molar-refractivity contribution in [3.8, 4) is 0 Å². The van der Waals surface area contributed by atoms with E-state index in [-0.39, 0.29) is 5.91 Å². The molecule has 0 aromatic carbocycles. The van der Waals surface area contributed by atoms with Gasteiger partial charge in [-0.1, -0.05) is 0 Å². The van der Waals surface area contributed by atoms with Crippen molar-refractivity contribution in [2.45, 2.75) is 32.4 Å². The van der Waals surface area contributed by atoms with E-state index in [0.29, 0.717) is 19.6 Å². The van der Waals surface area contributed by atoms with E-state index in [1.54, 1.807) is 19.5 Å². The van der Waals surface area contributed by atoms with Crippen LogP contribution in [-0.4, -0.2) is 30.6 Å². The van der Waals surface area contributed by atoms with Crippen LogP contribution in [0.3, 0.4) is 0 Å². The average Bonchev–Trinajstić information content (AvgIpc) is 2.37. The van der Waals surface area contributed by atoms with Gasteiger partial charge in [-0.15, -0.1) is 0 Å². The number of hydrogen-bond acceptors (Lipinski definition) is 4. The van der Waals surface area contributed by atoms with E-state index < -0.39 is 6.04 Å². The largest absolute Gasteiger partial charge is 0.385 e. The number of nitrogens with one attached hydrogen (secondary N) is 1. The van der Waals surface area contributed by atoms with Gasteiger partial charge < -0.3 is 15.8 Å². The van der Waals surface area contributed by atoms with E-state index in [1.807, 2.05) is 13.0 Å². The maximum absolute atomic E-state index is 11.7. The summed E-state index contributed by atoms with van der Waals surface area (Å²) < 4.78 is 4.92. The number of nitrogens with zero attached hydrogens (tertiary/aromatic N) is 1. The van der Waals surface area contributed by atoms with E-state index >= 15 is 0 Å². The molecule has 1 atom stereocenters. The maximum Gasteiger partial charge on any atom is 0.237 e. The monoisotopic (exact) mass is 251 g/mol. The molecule has 0 saturated carbocycles. The molecule has 18 heavy (non-hydrogen) atoms. The summed E-state index contributed by atoms with van der Waals surface area (Å²) in [5.74, 6) is -0.123. The minimum absolute atomic E-state index is 0.123. The molecular weight excluding hydrogens is 230 g/mol. The molecular formula is C13H21N3O2. The van der Waals surface area contributed by atoms with Gasteiger partial charge in [0.2, 0.25) is 5.91 Å². The van der Waals surface area contributed by atoms with Crippen LogP contribution >= 0.6 is 0 Å². The average molecular weight is 251 g/mol. The van der Waals surface area contributed by atoms with Gasteiger partial charge in [0.25, 0.3) is 0 Å². The predicted octanol–water partition coefficient (Wildman–Crippen LogP) is 0.760. The zero-order valence-corrected chi connectivity index (χ0v) is 11.0. The highest BCUT2D eigenvalue weighted by atomic mass is 16.5. The first-order valence-electron chi connectivity index (χ1n) is 6.07. The van der Waals surface area contributed by atoms with Gasteiger partial charge in [-0.3, -0.25) is 9.78 Å². The minimum atomic E-state index is -0.470. The first kappa shape index (κ1) is 14.6. The number of carbonyl (C=O) groups is 1. The van der Waals surface area contributed by atoms with Crippen molar-refractivity contribution in [3.63, 3.8) is 0 Å². The van der Waals surface area contributed by atoms with Crippen molar-refractivity contribution < 1.29 is 9.53 Å². The first-order chi connectivity index (χ1) is 8.65. The highest BCUT2D eigenvalue weighted by molar-refractivity contribution is 5.81. The summed E-state index contributed by atoms with van der Waals surface area (Å²) in [7, 11) is 1.64. The molecule has 100 valence electrons. The van der Waals surface area contributed by atoms with Gasteiger partial charge in [0.05, 0.1) is 6.04 Å². The van der Waals surface area contributed by atoms with Gasteiger partial charge in [0, 0.05) is 32.7 Å². The number of rotatable bonds is 7. The molecule has 1 rings (SSSR count). The second-order valence-electron chi connectivity index (χ2n) is 4.26. The maximum atomic E-state index is 11.7. The van der Waals surface area contributed by atoms with Gasteiger partial charge >= 0.3 is 0 Å². The molecule has 1 unspecified atom stereocenters. The Hall–Kier alpha value is -1.46. The van der Waals surface area contributed by atoms with Crippen LogP contribution in [-0.2, 0) is 16.1 Å². The molecule has 3 N–H and O–H groups in total. The Morgan fingerprint density at radius 3 is 3.06 bits per heavy atom. The van der Waals surface area contributed by atoms with Gasteiger partial charge in [-0.2, -0.15) is 0 Å². The lowest BCUT2D eigenvalue weighted by Crippen LogP contribution is -2.40. The van der Waals surface area contributed by atoms with E-state index in [2.05, 4.69) is 10.3 Å². The summed E-state index contributed by atoms with van der Waals surface area (Å²) in [6.07, 6.45) is 4.92. The van der Waals surface area contributed by atoms with Crippen LogP contribution in [0, 0.1) is 6.92 Å². The van der Waals surface area contributed by atoms with E-state index in [4.69, 9.17) is 10.5 Å². The van der Waals surface area contributed by atoms with Crippen LogP contribution < -0.4 is 11.1 Å². The molecule has 0 aliphatic rings. The molecule has 0 aliphatic heterocycles. The lowest BCUT2D eigenvalue weighted by molar-refractivity contribution is -0.122. The minimum Gasteiger partial charge on any atom is -0.385 e. The zero-order valence-electron chi connectivity index (χ0n) is 11.0. The molecule has 0 spiro atoms. The topological polar surface area (TPSA) is 77.2 Å². The van der Waals surface area contributed by atoms with Crippen molar-refractivity contribution in [2.75, 3.05) is 13.7 Å². The van der Waals surface area contributed by atoms with Crippen LogP contribution in [0.1, 0.15) is 24.0 Å². The first-order valence-corrected chi connectivity index (χ1v) is 6.07. The van der Waals surface area contributed by atoms with Crippen LogP contribution in [0.15, 0.2) is 18.5 Å². The second-order valence-corrected chi connectivity index (χ2v) is 4.26. The molecule has 0 saturated heterocycles. The normalized spacial score (nSPS) is 12.2. The fraction of sp³-hybridized carbons (Fsp3) is 0.538. The lowest BCUT2D eigenvalue weighted by Gasteiger charge is -2.12. The summed E-state index contributed by atoms with van der Waals surface area (Å²) in [5, 5.41) is 2.83. The lowest BCUT2D eigenvalue weighted by atomic mass is 10.1. The molecule has 0 aliphatic carbocycles. The van der Waals surface area contributed by atoms with Crippen LogP contribution in [0.2, 0.25) is 0 Å². The third-order valence-corrected chi connectivity index (χ3v) is 2.79. The Labute approximate surface area is 108 Å². The molecule has 5 nitrogen and oxygen atoms in total. The molecule has 1 aromatic heterocycles. The second kappa shape index (κ2) is 7.79. The summed E-state index contributed by atoms with van der Waals surface area (Å²) in [6, 6.07) is 1.42. The Balaban J connectivity index is 2.34. The predicted molar refractivity (Wildman–Crippen MR) is 69.9 cm³/mol. The number of aryl methyl sites for hydroxylation is 1. The summed E-state index contributed by atoms with van der Waals surface area (Å²) in [6.45, 7) is 3.09. The number of pyridine rings is 1. The Morgan fingerprint density at radius 2 is 2.39 bits per heavy atom. The molecule has 1 aromatic rings. The molecule has 5 heteroatoms. The zero-order chi connectivity index (χ0) is 13.4. The molecule has 0 bridgehead atoms. The number of hydrogen-bond donors (Lipinski definition) is 2. The highest BCUT2D eigenvalue weighted by Crippen LogP contribution is 2.04. The quantitative estimate of drug-likeness (QED) is 0.701. The number of amides is 1. The third kappa shape index (κ3) is 4.81. The van der Waals surface area contributed by atoms with Gasteiger partial charge in [-0.05, 0) is 37.0 Å². The molecule has 1 amide bonds. The Morgan fingerprint density at radius 1 is 1.61 bits per heavy atom. The molecule has 1 heterocycles. The van der Waals surface area contributed by atoms with Crippen molar-refractivity contribution in [1.29, 1.82) is 0 Å². The summed E-state index contributed by atoms with van der Waals surface area (Å²) in [4.78, 5) is 15.7. The van der Waals surface area contributed by atoms with Crippen LogP contribution in [0.4, 0.5) is 0 Å². The SMILES string of the molecule is COCCCC(N)C(=O)NCc1ccncc1C. The van der Waals surface area contributed by atoms with E-state index in [1.165, 1.54) is 0 Å². The third-order valence-electron chi connectivity index (χ3n) is 2.79. The van der Waals surface area contributed by atoms with Crippen molar-refractivity contribution in [2.24, 2.45) is 5.73 Å². The van der Waals surface area contributed by atoms with Crippen LogP contribution in [0.5, 0.6) is 0 Å². The standard InChI is InChI=1S/C13H21N3O2/c1-10-8-15-6-5-11(10)9-16-13(17)12(14)4-3-7-18-2/h5-6,8,12H,3-4,7,9,14H2,1-2H3,(H,16,17). The van der Waals surface area contributed by atoms with Gasteiger partial charge in [0.1, 0.15) is 0 Å². The van der Waals surface area contributed by atoms with E-state index in [0.717, 1.165) is 17.5 Å². The smallest absolute Gasteiger partial charge is 0.237 e. The Kier molecular flexibility index (Phi) is 6.32. The number of nitrogens with two attached hydrogens (primary N) is 1. The number of aromatic nitrogens is 1. The number of methoxy groups -OCH3 is 1. The highest BCUT2D eigenvalue weighted by Gasteiger charge is 2.12. The van der Waals surface area contributed by atoms with Crippen molar-refractivity contribution in [3.05, 3.63) is 29.6 Å². The fourth-order valence-corrected chi connectivity index (χ4v) is 1.59. The molecule has 0 fully saturated rings. The van der Waals surface area contributed by atoms with Crippen LogP contribution in [0.25, 0.3) is 0 Å². The summed E-state index contributed by atoms with van der Waals surface area (Å²) in [5.41, 5.74) is 7.90. The fourth-order valence-electron chi connectivity index (χ4n) is 1.59. The van der Waals surface area contributed by atoms with Gasteiger partial charge in [-0.25, -0.2) is 0 Å².